The molecule has 5 heteroatoms. The van der Waals surface area contributed by atoms with Gasteiger partial charge >= 0.3 is 0 Å². The average molecular weight is 307 g/mol. The lowest BCUT2D eigenvalue weighted by atomic mass is 9.92. The van der Waals surface area contributed by atoms with E-state index in [9.17, 15) is 9.90 Å². The molecule has 0 saturated carbocycles. The van der Waals surface area contributed by atoms with E-state index in [1.807, 2.05) is 30.3 Å². The van der Waals surface area contributed by atoms with Gasteiger partial charge in [0.15, 0.2) is 6.10 Å². The van der Waals surface area contributed by atoms with Gasteiger partial charge in [-0.2, -0.15) is 0 Å². The highest BCUT2D eigenvalue weighted by atomic mass is 16.5. The smallest absolute Gasteiger partial charge is 0.260 e. The number of carbonyl (C=O) groups is 1. The number of rotatable bonds is 7. The molecule has 2 rings (SSSR count). The highest BCUT2D eigenvalue weighted by molar-refractivity contribution is 5.80. The van der Waals surface area contributed by atoms with E-state index in [1.165, 1.54) is 0 Å². The Morgan fingerprint density at radius 1 is 1.36 bits per heavy atom. The summed E-state index contributed by atoms with van der Waals surface area (Å²) in [5.41, 5.74) is 0. The van der Waals surface area contributed by atoms with Crippen molar-refractivity contribution in [3.05, 3.63) is 30.3 Å². The molecule has 0 aromatic heterocycles. The van der Waals surface area contributed by atoms with Crippen molar-refractivity contribution in [1.29, 1.82) is 0 Å². The molecule has 0 bridgehead atoms. The lowest BCUT2D eigenvalue weighted by Gasteiger charge is -2.26. The van der Waals surface area contributed by atoms with Crippen LogP contribution in [0.25, 0.3) is 0 Å². The number of hydrogen-bond acceptors (Lipinski definition) is 4. The summed E-state index contributed by atoms with van der Waals surface area (Å²) in [7, 11) is 0. The number of para-hydroxylation sites is 1. The van der Waals surface area contributed by atoms with Gasteiger partial charge < -0.3 is 19.9 Å². The van der Waals surface area contributed by atoms with E-state index in [1.54, 1.807) is 6.92 Å². The molecule has 1 saturated heterocycles. The van der Waals surface area contributed by atoms with Crippen molar-refractivity contribution in [3.63, 3.8) is 0 Å². The summed E-state index contributed by atoms with van der Waals surface area (Å²) in [5.74, 6) is 0.791. The second kappa shape index (κ2) is 8.76. The van der Waals surface area contributed by atoms with Crippen LogP contribution in [0.3, 0.4) is 0 Å². The monoisotopic (exact) mass is 307 g/mol. The van der Waals surface area contributed by atoms with Gasteiger partial charge in [0.1, 0.15) is 5.75 Å². The van der Waals surface area contributed by atoms with Gasteiger partial charge in [-0.15, -0.1) is 0 Å². The molecule has 0 radical (unpaired) electrons. The van der Waals surface area contributed by atoms with E-state index in [2.05, 4.69) is 5.32 Å². The molecule has 0 spiro atoms. The second-order valence-corrected chi connectivity index (χ2v) is 5.67. The summed E-state index contributed by atoms with van der Waals surface area (Å²) in [5, 5.41) is 12.9. The maximum atomic E-state index is 12.0. The van der Waals surface area contributed by atoms with Gasteiger partial charge in [-0.25, -0.2) is 0 Å². The number of ether oxygens (including phenoxy) is 2. The van der Waals surface area contributed by atoms with Crippen LogP contribution in [0.2, 0.25) is 0 Å². The highest BCUT2D eigenvalue weighted by Crippen LogP contribution is 2.20. The van der Waals surface area contributed by atoms with Crippen molar-refractivity contribution in [2.24, 2.45) is 5.92 Å². The summed E-state index contributed by atoms with van der Waals surface area (Å²) >= 11 is 0. The first-order chi connectivity index (χ1) is 10.7. The molecule has 1 aromatic carbocycles. The van der Waals surface area contributed by atoms with Gasteiger partial charge in [0.05, 0.1) is 6.10 Å². The van der Waals surface area contributed by atoms with Crippen molar-refractivity contribution in [3.8, 4) is 5.75 Å². The molecule has 1 aliphatic rings. The predicted molar refractivity (Wildman–Crippen MR) is 83.7 cm³/mol. The van der Waals surface area contributed by atoms with E-state index < -0.39 is 6.10 Å². The molecule has 2 N–H and O–H groups in total. The lowest BCUT2D eigenvalue weighted by Crippen LogP contribution is -2.38. The lowest BCUT2D eigenvalue weighted by molar-refractivity contribution is -0.127. The molecule has 22 heavy (non-hydrogen) atoms. The Kier molecular flexibility index (Phi) is 6.68. The second-order valence-electron chi connectivity index (χ2n) is 5.67. The van der Waals surface area contributed by atoms with E-state index in [4.69, 9.17) is 9.47 Å². The molecule has 2 atom stereocenters. The SMILES string of the molecule is C[C@H](Oc1ccccc1)C(=O)NCC[C@H](O)C1CCOCC1. The number of benzene rings is 1. The molecule has 1 aliphatic heterocycles. The summed E-state index contributed by atoms with van der Waals surface area (Å²) in [6.07, 6.45) is 1.41. The first-order valence-corrected chi connectivity index (χ1v) is 7.92. The van der Waals surface area contributed by atoms with Crippen LogP contribution < -0.4 is 10.1 Å². The summed E-state index contributed by atoms with van der Waals surface area (Å²) < 4.78 is 10.8. The molecule has 1 amide bonds. The van der Waals surface area contributed by atoms with Gasteiger partial charge in [-0.1, -0.05) is 18.2 Å². The first kappa shape index (κ1) is 16.8. The predicted octanol–water partition coefficient (Wildman–Crippen LogP) is 1.75. The van der Waals surface area contributed by atoms with E-state index in [0.717, 1.165) is 26.1 Å². The Balaban J connectivity index is 1.66. The summed E-state index contributed by atoms with van der Waals surface area (Å²) in [4.78, 5) is 12.0. The van der Waals surface area contributed by atoms with E-state index in [-0.39, 0.29) is 17.9 Å². The van der Waals surface area contributed by atoms with E-state index in [0.29, 0.717) is 18.7 Å². The Bertz CT molecular complexity index is 445. The fraction of sp³-hybridized carbons (Fsp3) is 0.588. The van der Waals surface area contributed by atoms with Crippen LogP contribution in [0.5, 0.6) is 5.75 Å². The van der Waals surface area contributed by atoms with Gasteiger partial charge in [0.2, 0.25) is 0 Å². The zero-order valence-electron chi connectivity index (χ0n) is 13.0. The summed E-state index contributed by atoms with van der Waals surface area (Å²) in [6, 6.07) is 9.26. The van der Waals surface area contributed by atoms with Crippen LogP contribution >= 0.6 is 0 Å². The molecule has 1 aromatic rings. The molecule has 5 nitrogen and oxygen atoms in total. The Hall–Kier alpha value is -1.59. The number of carbonyl (C=O) groups excluding carboxylic acids is 1. The van der Waals surface area contributed by atoms with Crippen molar-refractivity contribution in [2.45, 2.75) is 38.4 Å². The first-order valence-electron chi connectivity index (χ1n) is 7.92. The van der Waals surface area contributed by atoms with Crippen molar-refractivity contribution >= 4 is 5.91 Å². The Morgan fingerprint density at radius 3 is 2.73 bits per heavy atom. The molecular formula is C17H25NO4. The highest BCUT2D eigenvalue weighted by Gasteiger charge is 2.22. The largest absolute Gasteiger partial charge is 0.481 e. The third kappa shape index (κ3) is 5.31. The van der Waals surface area contributed by atoms with Crippen molar-refractivity contribution in [2.75, 3.05) is 19.8 Å². The molecule has 1 fully saturated rings. The Labute approximate surface area is 131 Å². The molecule has 122 valence electrons. The van der Waals surface area contributed by atoms with E-state index >= 15 is 0 Å². The third-order valence-electron chi connectivity index (χ3n) is 3.97. The van der Waals surface area contributed by atoms with Gasteiger partial charge in [-0.3, -0.25) is 4.79 Å². The molecule has 0 unspecified atom stereocenters. The zero-order valence-corrected chi connectivity index (χ0v) is 13.0. The maximum Gasteiger partial charge on any atom is 0.260 e. The number of aliphatic hydroxyl groups excluding tert-OH is 1. The fourth-order valence-electron chi connectivity index (χ4n) is 2.58. The normalized spacial score (nSPS) is 18.5. The molecule has 0 aliphatic carbocycles. The van der Waals surface area contributed by atoms with Gasteiger partial charge in [0, 0.05) is 19.8 Å². The fourth-order valence-corrected chi connectivity index (χ4v) is 2.58. The molecule has 1 heterocycles. The van der Waals surface area contributed by atoms with Crippen LogP contribution in [-0.2, 0) is 9.53 Å². The van der Waals surface area contributed by atoms with Crippen LogP contribution in [0.4, 0.5) is 0 Å². The maximum absolute atomic E-state index is 12.0. The quantitative estimate of drug-likeness (QED) is 0.805. The average Bonchev–Trinajstić information content (AvgIpc) is 2.56. The number of hydrogen-bond donors (Lipinski definition) is 2. The third-order valence-corrected chi connectivity index (χ3v) is 3.97. The standard InChI is InChI=1S/C17H25NO4/c1-13(22-15-5-3-2-4-6-15)17(20)18-10-7-16(19)14-8-11-21-12-9-14/h2-6,13-14,16,19H,7-12H2,1H3,(H,18,20)/t13-,16-/m0/s1. The van der Waals surface area contributed by atoms with Crippen molar-refractivity contribution < 1.29 is 19.4 Å². The van der Waals surface area contributed by atoms with Crippen LogP contribution in [0, 0.1) is 5.92 Å². The van der Waals surface area contributed by atoms with Gasteiger partial charge in [0.25, 0.3) is 5.91 Å². The Morgan fingerprint density at radius 2 is 2.05 bits per heavy atom. The number of nitrogens with one attached hydrogen (secondary N) is 1. The minimum atomic E-state index is -0.553. The van der Waals surface area contributed by atoms with Crippen LogP contribution in [0.15, 0.2) is 30.3 Å². The number of amides is 1. The summed E-state index contributed by atoms with van der Waals surface area (Å²) in [6.45, 7) is 3.61. The van der Waals surface area contributed by atoms with Crippen LogP contribution in [-0.4, -0.2) is 43.0 Å². The minimum absolute atomic E-state index is 0.164. The van der Waals surface area contributed by atoms with Gasteiger partial charge in [-0.05, 0) is 44.2 Å². The zero-order chi connectivity index (χ0) is 15.8. The topological polar surface area (TPSA) is 67.8 Å². The number of aliphatic hydroxyl groups is 1. The molecular weight excluding hydrogens is 282 g/mol. The minimum Gasteiger partial charge on any atom is -0.481 e. The van der Waals surface area contributed by atoms with Crippen LogP contribution in [0.1, 0.15) is 26.2 Å². The van der Waals surface area contributed by atoms with Crippen molar-refractivity contribution in [1.82, 2.24) is 5.32 Å².